The van der Waals surface area contributed by atoms with E-state index in [0.29, 0.717) is 49.8 Å². The van der Waals surface area contributed by atoms with Crippen LogP contribution in [0.2, 0.25) is 0 Å². The Balaban J connectivity index is 1.11. The van der Waals surface area contributed by atoms with E-state index in [2.05, 4.69) is 36.2 Å². The van der Waals surface area contributed by atoms with Crippen LogP contribution in [0.25, 0.3) is 11.1 Å². The number of amides is 6. The van der Waals surface area contributed by atoms with E-state index in [-0.39, 0.29) is 56.6 Å². The molecule has 0 saturated carbocycles. The van der Waals surface area contributed by atoms with Crippen molar-refractivity contribution < 1.29 is 47.8 Å². The first-order chi connectivity index (χ1) is 39.7. The van der Waals surface area contributed by atoms with Crippen molar-refractivity contribution in [1.29, 1.82) is 0 Å². The Morgan fingerprint density at radius 2 is 1.15 bits per heavy atom. The van der Waals surface area contributed by atoms with Crippen LogP contribution in [-0.4, -0.2) is 133 Å². The second kappa shape index (κ2) is 30.1. The van der Waals surface area contributed by atoms with Crippen LogP contribution < -0.4 is 21.3 Å². The van der Waals surface area contributed by atoms with Gasteiger partial charge in [0.15, 0.2) is 0 Å². The van der Waals surface area contributed by atoms with Gasteiger partial charge in [0.25, 0.3) is 0 Å². The monoisotopic (exact) mass is 1120 g/mol. The number of aliphatic carboxylic acids is 1. The lowest BCUT2D eigenvalue weighted by Gasteiger charge is -2.31. The number of hydrogen-bond acceptors (Lipinski definition) is 11. The Bertz CT molecular complexity index is 3050. The summed E-state index contributed by atoms with van der Waals surface area (Å²) in [6.45, 7) is 4.26. The highest BCUT2D eigenvalue weighted by Gasteiger charge is 2.37. The van der Waals surface area contributed by atoms with E-state index >= 15 is 4.39 Å². The van der Waals surface area contributed by atoms with E-state index in [9.17, 15) is 38.7 Å². The van der Waals surface area contributed by atoms with E-state index < -0.39 is 83.7 Å². The summed E-state index contributed by atoms with van der Waals surface area (Å²) < 4.78 is 23.3. The van der Waals surface area contributed by atoms with Crippen molar-refractivity contribution in [2.24, 2.45) is 0 Å². The molecule has 19 nitrogen and oxygen atoms in total. The molecule has 0 aliphatic heterocycles. The lowest BCUT2D eigenvalue weighted by Crippen LogP contribution is -2.60. The Morgan fingerprint density at radius 3 is 1.73 bits per heavy atom. The normalized spacial score (nSPS) is 13.9. The van der Waals surface area contributed by atoms with Gasteiger partial charge in [-0.3, -0.25) is 38.8 Å². The third-order valence-electron chi connectivity index (χ3n) is 14.9. The zero-order chi connectivity index (χ0) is 58.5. The Labute approximate surface area is 477 Å². The second-order valence-corrected chi connectivity index (χ2v) is 20.6. The number of benzene rings is 3. The van der Waals surface area contributed by atoms with E-state index in [0.717, 1.165) is 27.2 Å². The highest BCUT2D eigenvalue weighted by molar-refractivity contribution is 5.97. The summed E-state index contributed by atoms with van der Waals surface area (Å²) in [6.07, 6.45) is 12.9. The smallest absolute Gasteiger partial charge is 0.410 e. The van der Waals surface area contributed by atoms with Gasteiger partial charge in [0, 0.05) is 83.0 Å². The first-order valence-electron chi connectivity index (χ1n) is 27.9. The number of carbonyl (C=O) groups is 7. The number of carboxylic acids is 1. The standard InChI is InChI=1S/C62H73FN10O9/c1-5-7-26-50(56(74)69-53(36-43-20-9-14-25-49(43)63)58(76)68-51(27-8-6-2)60(78)71(3)55(61(79)80)35-42-19-16-30-65-38-42)67-57(75)52(34-41-18-15-29-64-37-41)70-59(77)54(28-17-32-73-33-31-66-40-73)72(4)62(81)82-39-48-46-23-12-10-21-44(46)45-22-11-13-24-47(45)48/h9-16,18-25,29-31,33,37-38,40,48,50-55H,5-8,17,26-28,32,34-36,39H2,1-4H3,(H,67,75)(H,68,76)(H,69,74)(H,70,77)(H,79,80)/t50-,51-,52-,53-,54-,55-/m0/s1. The molecular formula is C62H73FN10O9. The average Bonchev–Trinajstić information content (AvgIpc) is 3.76. The number of nitrogens with one attached hydrogen (secondary N) is 4. The number of likely N-dealkylation sites (N-methyl/N-ethyl adjacent to an activating group) is 2. The second-order valence-electron chi connectivity index (χ2n) is 20.6. The molecule has 1 aliphatic rings. The highest BCUT2D eigenvalue weighted by Crippen LogP contribution is 2.44. The number of imidazole rings is 1. The fourth-order valence-corrected chi connectivity index (χ4v) is 10.2. The molecule has 3 aromatic heterocycles. The summed E-state index contributed by atoms with van der Waals surface area (Å²) in [7, 11) is 2.82. The molecule has 3 heterocycles. The van der Waals surface area contributed by atoms with Crippen molar-refractivity contribution in [2.45, 2.75) is 133 Å². The minimum atomic E-state index is -1.50. The van der Waals surface area contributed by atoms with Gasteiger partial charge in [0.1, 0.15) is 48.7 Å². The van der Waals surface area contributed by atoms with Gasteiger partial charge in [-0.2, -0.15) is 0 Å². The molecule has 82 heavy (non-hydrogen) atoms. The Kier molecular flexibility index (Phi) is 22.4. The molecule has 0 unspecified atom stereocenters. The summed E-state index contributed by atoms with van der Waals surface area (Å²) in [5.41, 5.74) is 5.38. The SMILES string of the molecule is CCCC[C@H](NC(=O)[C@H](Cc1cccnc1)NC(=O)[C@H](CCCn1ccnc1)N(C)C(=O)OCC1c2ccccc2-c2ccccc21)C(=O)N[C@@H](Cc1ccccc1F)C(=O)N[C@@H](CCCC)C(=O)N(C)[C@@H](Cc1cccnc1)C(=O)O. The first-order valence-corrected chi connectivity index (χ1v) is 27.9. The molecule has 3 aromatic carbocycles. The summed E-state index contributed by atoms with van der Waals surface area (Å²) in [5, 5.41) is 21.5. The maximum atomic E-state index is 15.4. The Morgan fingerprint density at radius 1 is 0.598 bits per heavy atom. The minimum absolute atomic E-state index is 0.00614. The third kappa shape index (κ3) is 16.4. The zero-order valence-corrected chi connectivity index (χ0v) is 46.8. The molecule has 6 atom stereocenters. The number of unbranched alkanes of at least 4 members (excludes halogenated alkanes) is 2. The zero-order valence-electron chi connectivity index (χ0n) is 46.8. The number of nitrogens with zero attached hydrogens (tertiary/aromatic N) is 6. The molecule has 6 aromatic rings. The van der Waals surface area contributed by atoms with Crippen molar-refractivity contribution in [3.8, 4) is 11.1 Å². The molecule has 7 rings (SSSR count). The van der Waals surface area contributed by atoms with Crippen molar-refractivity contribution in [2.75, 3.05) is 20.7 Å². The van der Waals surface area contributed by atoms with E-state index in [1.807, 2.05) is 66.9 Å². The topological polar surface area (TPSA) is 247 Å². The number of carboxylic acid groups (broad SMARTS) is 1. The number of carbonyl (C=O) groups excluding carboxylic acids is 6. The van der Waals surface area contributed by atoms with Crippen LogP contribution in [0.3, 0.4) is 0 Å². The number of rotatable bonds is 30. The lowest BCUT2D eigenvalue weighted by atomic mass is 9.98. The molecule has 0 fully saturated rings. The fourth-order valence-electron chi connectivity index (χ4n) is 10.2. The lowest BCUT2D eigenvalue weighted by molar-refractivity contribution is -0.150. The Hall–Kier alpha value is -8.81. The van der Waals surface area contributed by atoms with E-state index in [4.69, 9.17) is 4.74 Å². The predicted octanol–water partition coefficient (Wildman–Crippen LogP) is 6.80. The van der Waals surface area contributed by atoms with Crippen molar-refractivity contribution >= 4 is 41.6 Å². The molecule has 0 saturated heterocycles. The molecule has 0 spiro atoms. The molecule has 6 amide bonds. The number of hydrogen-bond donors (Lipinski definition) is 5. The van der Waals surface area contributed by atoms with Crippen LogP contribution >= 0.6 is 0 Å². The fraction of sp³-hybridized carbons (Fsp3) is 0.387. The van der Waals surface area contributed by atoms with Gasteiger partial charge in [0.05, 0.1) is 6.33 Å². The van der Waals surface area contributed by atoms with Crippen LogP contribution in [0.1, 0.15) is 98.9 Å². The first kappa shape index (κ1) is 60.8. The summed E-state index contributed by atoms with van der Waals surface area (Å²) in [6, 6.07) is 20.6. The maximum Gasteiger partial charge on any atom is 0.410 e. The quantitative estimate of drug-likeness (QED) is 0.0313. The van der Waals surface area contributed by atoms with Crippen LogP contribution in [-0.2, 0) is 59.3 Å². The van der Waals surface area contributed by atoms with E-state index in [1.165, 1.54) is 43.4 Å². The molecule has 5 N–H and O–H groups in total. The van der Waals surface area contributed by atoms with Crippen LogP contribution in [0.5, 0.6) is 0 Å². The molecule has 20 heteroatoms. The molecule has 1 aliphatic carbocycles. The van der Waals surface area contributed by atoms with Gasteiger partial charge in [-0.25, -0.2) is 19.0 Å². The number of fused-ring (bicyclic) bond motifs is 3. The van der Waals surface area contributed by atoms with Crippen LogP contribution in [0, 0.1) is 5.82 Å². The van der Waals surface area contributed by atoms with Gasteiger partial charge in [-0.05, 0) is 82.8 Å². The molecule has 0 bridgehead atoms. The summed E-state index contributed by atoms with van der Waals surface area (Å²) in [4.78, 5) is 115. The van der Waals surface area contributed by atoms with Gasteiger partial charge >= 0.3 is 12.1 Å². The van der Waals surface area contributed by atoms with Crippen molar-refractivity contribution in [3.63, 3.8) is 0 Å². The number of aromatic nitrogens is 4. The highest BCUT2D eigenvalue weighted by atomic mass is 19.1. The summed E-state index contributed by atoms with van der Waals surface area (Å²) >= 11 is 0. The molecular weight excluding hydrogens is 1050 g/mol. The minimum Gasteiger partial charge on any atom is -0.480 e. The van der Waals surface area contributed by atoms with Gasteiger partial charge in [-0.15, -0.1) is 0 Å². The molecule has 432 valence electrons. The maximum absolute atomic E-state index is 15.4. The number of ether oxygens (including phenoxy) is 1. The van der Waals surface area contributed by atoms with Crippen LogP contribution in [0.4, 0.5) is 9.18 Å². The van der Waals surface area contributed by atoms with Gasteiger partial charge in [-0.1, -0.05) is 118 Å². The number of pyridine rings is 2. The van der Waals surface area contributed by atoms with Crippen molar-refractivity contribution in [3.05, 3.63) is 174 Å². The summed E-state index contributed by atoms with van der Waals surface area (Å²) in [5.74, 6) is -5.91. The largest absolute Gasteiger partial charge is 0.480 e. The predicted molar refractivity (Wildman–Crippen MR) is 305 cm³/mol. The average molecular weight is 1120 g/mol. The van der Waals surface area contributed by atoms with Crippen LogP contribution in [0.15, 0.2) is 141 Å². The molecule has 0 radical (unpaired) electrons. The van der Waals surface area contributed by atoms with Gasteiger partial charge in [0.2, 0.25) is 29.5 Å². The number of aryl methyl sites for hydroxylation is 1. The number of halogens is 1. The third-order valence-corrected chi connectivity index (χ3v) is 14.9. The van der Waals surface area contributed by atoms with Gasteiger partial charge < -0.3 is 40.6 Å². The van der Waals surface area contributed by atoms with E-state index in [1.54, 1.807) is 67.6 Å². The van der Waals surface area contributed by atoms with Crippen molar-refractivity contribution in [1.82, 2.24) is 50.6 Å².